The molecule has 2 N–H and O–H groups in total. The maximum Gasteiger partial charge on any atom is 0.314 e. The average Bonchev–Trinajstić information content (AvgIpc) is 2.52. The molecule has 4 rings (SSSR count). The Morgan fingerprint density at radius 2 is 2.09 bits per heavy atom. The summed E-state index contributed by atoms with van der Waals surface area (Å²) in [4.78, 5) is 12.7. The fraction of sp³-hybridized carbons (Fsp3) is 0.600. The number of aliphatic hydroxyl groups is 1. The van der Waals surface area contributed by atoms with E-state index in [1.54, 1.807) is 6.07 Å². The lowest BCUT2D eigenvalue weighted by Gasteiger charge is -2.49. The molecule has 0 amide bonds. The highest BCUT2D eigenvalue weighted by molar-refractivity contribution is 5.57. The lowest BCUT2D eigenvalue weighted by Crippen LogP contribution is -2.58. The van der Waals surface area contributed by atoms with Gasteiger partial charge in [-0.2, -0.15) is 0 Å². The van der Waals surface area contributed by atoms with E-state index in [0.717, 1.165) is 25.9 Å². The Kier molecular flexibility index (Phi) is 3.92. The van der Waals surface area contributed by atoms with E-state index in [-0.39, 0.29) is 17.5 Å². The molecule has 2 atom stereocenters. The number of fused-ring (bicyclic) bond motifs is 3. The van der Waals surface area contributed by atoms with Crippen LogP contribution in [0.3, 0.4) is 0 Å². The van der Waals surface area contributed by atoms with Crippen molar-refractivity contribution >= 4 is 5.69 Å². The highest BCUT2D eigenvalue weighted by atomic mass is 16.6. The molecule has 3 aliphatic rings. The summed E-state index contributed by atoms with van der Waals surface area (Å²) in [5.41, 5.74) is 0.331. The molecule has 3 saturated heterocycles. The van der Waals surface area contributed by atoms with Gasteiger partial charge in [0.25, 0.3) is 0 Å². The second kappa shape index (κ2) is 5.73. The fourth-order valence-corrected chi connectivity index (χ4v) is 3.68. The average molecular weight is 308 g/mol. The molecular weight excluding hydrogens is 288 g/mol. The van der Waals surface area contributed by atoms with Gasteiger partial charge in [0.15, 0.2) is 5.75 Å². The van der Waals surface area contributed by atoms with Gasteiger partial charge < -0.3 is 14.9 Å². The molecule has 1 aromatic rings. The number of nitro groups is 1. The minimum absolute atomic E-state index is 0.0265. The molecule has 0 radical (unpaired) electrons. The fourth-order valence-electron chi connectivity index (χ4n) is 3.68. The zero-order valence-electron chi connectivity index (χ0n) is 12.4. The molecule has 3 fully saturated rings. The first-order valence-electron chi connectivity index (χ1n) is 7.47. The molecule has 2 bridgehead atoms. The van der Waals surface area contributed by atoms with Gasteiger partial charge in [-0.25, -0.2) is 0 Å². The number of aromatic hydroxyl groups is 1. The van der Waals surface area contributed by atoms with Crippen molar-refractivity contribution in [3.63, 3.8) is 0 Å². The molecule has 22 heavy (non-hydrogen) atoms. The maximum absolute atomic E-state index is 11.1. The number of ether oxygens (including phenoxy) is 1. The van der Waals surface area contributed by atoms with Crippen molar-refractivity contribution in [2.45, 2.75) is 31.4 Å². The number of nitro benzene ring substituents is 1. The molecule has 0 spiro atoms. The first-order chi connectivity index (χ1) is 10.5. The molecule has 0 aromatic heterocycles. The number of benzene rings is 1. The van der Waals surface area contributed by atoms with Crippen LogP contribution < -0.4 is 4.74 Å². The van der Waals surface area contributed by atoms with Crippen LogP contribution in [-0.2, 0) is 6.42 Å². The zero-order valence-corrected chi connectivity index (χ0v) is 12.4. The van der Waals surface area contributed by atoms with E-state index in [2.05, 4.69) is 4.90 Å². The number of hydrogen-bond donors (Lipinski definition) is 2. The predicted molar refractivity (Wildman–Crippen MR) is 79.1 cm³/mol. The van der Waals surface area contributed by atoms with Crippen LogP contribution in [0.1, 0.15) is 18.4 Å². The van der Waals surface area contributed by atoms with Crippen LogP contribution in [0.5, 0.6) is 11.5 Å². The van der Waals surface area contributed by atoms with Gasteiger partial charge >= 0.3 is 5.69 Å². The van der Waals surface area contributed by atoms with Crippen molar-refractivity contribution in [3.05, 3.63) is 27.8 Å². The molecule has 0 saturated carbocycles. The third-order valence-electron chi connectivity index (χ3n) is 4.90. The van der Waals surface area contributed by atoms with Gasteiger partial charge in [0.05, 0.1) is 18.1 Å². The van der Waals surface area contributed by atoms with Crippen LogP contribution in [0.15, 0.2) is 12.1 Å². The SMILES string of the molecule is COc1cc(CC2C(O)C3CCN2CC3)cc([N+](=O)[O-])c1O. The molecule has 7 heteroatoms. The number of hydrogen-bond acceptors (Lipinski definition) is 6. The van der Waals surface area contributed by atoms with E-state index < -0.39 is 16.8 Å². The van der Waals surface area contributed by atoms with Crippen molar-refractivity contribution in [3.8, 4) is 11.5 Å². The van der Waals surface area contributed by atoms with Gasteiger partial charge in [-0.05, 0) is 49.9 Å². The number of nitrogens with zero attached hydrogens (tertiary/aromatic N) is 2. The molecular formula is C15H20N2O5. The number of methoxy groups -OCH3 is 1. The number of phenols is 1. The van der Waals surface area contributed by atoms with Crippen molar-refractivity contribution in [2.24, 2.45) is 5.92 Å². The van der Waals surface area contributed by atoms with E-state index in [1.807, 2.05) is 0 Å². The Labute approximate surface area is 128 Å². The molecule has 120 valence electrons. The van der Waals surface area contributed by atoms with Gasteiger partial charge in [-0.15, -0.1) is 0 Å². The molecule has 1 aromatic carbocycles. The van der Waals surface area contributed by atoms with Crippen molar-refractivity contribution in [1.29, 1.82) is 0 Å². The van der Waals surface area contributed by atoms with Crippen molar-refractivity contribution in [1.82, 2.24) is 4.90 Å². The van der Waals surface area contributed by atoms with Crippen LogP contribution in [0.25, 0.3) is 0 Å². The number of aliphatic hydroxyl groups excluding tert-OH is 1. The van der Waals surface area contributed by atoms with Gasteiger partial charge in [0.1, 0.15) is 0 Å². The monoisotopic (exact) mass is 308 g/mol. The molecule has 2 unspecified atom stereocenters. The summed E-state index contributed by atoms with van der Waals surface area (Å²) in [7, 11) is 1.36. The molecule has 3 heterocycles. The standard InChI is InChI=1S/C15H20N2O5/c1-22-13-8-9(7-12(15(13)19)17(20)21)6-11-14(18)10-2-4-16(11)5-3-10/h7-8,10-11,14,18-19H,2-6H2,1H3. The minimum atomic E-state index is -0.620. The van der Waals surface area contributed by atoms with Gasteiger partial charge in [0, 0.05) is 12.1 Å². The van der Waals surface area contributed by atoms with Gasteiger partial charge in [-0.1, -0.05) is 0 Å². The summed E-state index contributed by atoms with van der Waals surface area (Å²) in [6.07, 6.45) is 2.13. The Bertz CT molecular complexity index is 582. The largest absolute Gasteiger partial charge is 0.500 e. The lowest BCUT2D eigenvalue weighted by atomic mass is 9.78. The number of piperidine rings is 3. The summed E-state index contributed by atoms with van der Waals surface area (Å²) in [6, 6.07) is 2.95. The summed E-state index contributed by atoms with van der Waals surface area (Å²) in [5, 5.41) is 31.3. The smallest absolute Gasteiger partial charge is 0.314 e. The molecule has 0 aliphatic carbocycles. The topological polar surface area (TPSA) is 96.1 Å². The summed E-state index contributed by atoms with van der Waals surface area (Å²) in [6.45, 7) is 1.92. The highest BCUT2D eigenvalue weighted by Gasteiger charge is 2.41. The van der Waals surface area contributed by atoms with Crippen molar-refractivity contribution < 1.29 is 19.9 Å². The summed E-state index contributed by atoms with van der Waals surface area (Å²) >= 11 is 0. The first-order valence-corrected chi connectivity index (χ1v) is 7.47. The molecule has 3 aliphatic heterocycles. The van der Waals surface area contributed by atoms with E-state index in [4.69, 9.17) is 4.74 Å². The van der Waals surface area contributed by atoms with Gasteiger partial charge in [0.2, 0.25) is 5.75 Å². The maximum atomic E-state index is 11.1. The number of rotatable bonds is 4. The molecule has 7 nitrogen and oxygen atoms in total. The Balaban J connectivity index is 1.89. The first kappa shape index (κ1) is 15.1. The Hall–Kier alpha value is -1.86. The summed E-state index contributed by atoms with van der Waals surface area (Å²) in [5.74, 6) is -0.0408. The van der Waals surface area contributed by atoms with Gasteiger partial charge in [-0.3, -0.25) is 15.0 Å². The highest BCUT2D eigenvalue weighted by Crippen LogP contribution is 2.39. The van der Waals surface area contributed by atoms with E-state index in [9.17, 15) is 20.3 Å². The summed E-state index contributed by atoms with van der Waals surface area (Å²) < 4.78 is 5.02. The van der Waals surface area contributed by atoms with E-state index in [1.165, 1.54) is 13.2 Å². The Morgan fingerprint density at radius 1 is 1.41 bits per heavy atom. The minimum Gasteiger partial charge on any atom is -0.500 e. The normalized spacial score (nSPS) is 30.3. The predicted octanol–water partition coefficient (Wildman–Crippen LogP) is 1.31. The van der Waals surface area contributed by atoms with Crippen LogP contribution >= 0.6 is 0 Å². The number of phenolic OH excluding ortho intramolecular Hbond substituents is 1. The van der Waals surface area contributed by atoms with E-state index in [0.29, 0.717) is 17.9 Å². The van der Waals surface area contributed by atoms with Crippen molar-refractivity contribution in [2.75, 3.05) is 20.2 Å². The zero-order chi connectivity index (χ0) is 15.9. The Morgan fingerprint density at radius 3 is 2.64 bits per heavy atom. The third-order valence-corrected chi connectivity index (χ3v) is 4.90. The second-order valence-electron chi connectivity index (χ2n) is 6.06. The third kappa shape index (κ3) is 2.50. The van der Waals surface area contributed by atoms with Crippen LogP contribution in [0.2, 0.25) is 0 Å². The van der Waals surface area contributed by atoms with Crippen LogP contribution in [0, 0.1) is 16.0 Å². The lowest BCUT2D eigenvalue weighted by molar-refractivity contribution is -0.386. The van der Waals surface area contributed by atoms with E-state index >= 15 is 0 Å². The second-order valence-corrected chi connectivity index (χ2v) is 6.06. The van der Waals surface area contributed by atoms with Crippen LogP contribution in [-0.4, -0.2) is 52.4 Å². The van der Waals surface area contributed by atoms with Crippen LogP contribution in [0.4, 0.5) is 5.69 Å². The quantitative estimate of drug-likeness (QED) is 0.643.